The Morgan fingerprint density at radius 2 is 2.10 bits per heavy atom. The molecule has 1 aliphatic heterocycles. The van der Waals surface area contributed by atoms with Crippen LogP contribution in [0.5, 0.6) is 0 Å². The summed E-state index contributed by atoms with van der Waals surface area (Å²) in [5.74, 6) is 0. The van der Waals surface area contributed by atoms with Crippen LogP contribution in [-0.4, -0.2) is 34.6 Å². The van der Waals surface area contributed by atoms with Gasteiger partial charge in [0.2, 0.25) is 0 Å². The highest BCUT2D eigenvalue weighted by Gasteiger charge is 2.31. The van der Waals surface area contributed by atoms with E-state index in [-0.39, 0.29) is 11.7 Å². The predicted molar refractivity (Wildman–Crippen MR) is 73.3 cm³/mol. The second-order valence-corrected chi connectivity index (χ2v) is 5.59. The van der Waals surface area contributed by atoms with Crippen LogP contribution in [0.4, 0.5) is 13.2 Å². The van der Waals surface area contributed by atoms with Crippen LogP contribution in [0, 0.1) is 0 Å². The fourth-order valence-corrected chi connectivity index (χ4v) is 3.01. The Kier molecular flexibility index (Phi) is 3.32. The van der Waals surface area contributed by atoms with Crippen LogP contribution >= 0.6 is 0 Å². The van der Waals surface area contributed by atoms with Gasteiger partial charge in [-0.05, 0) is 44.6 Å². The van der Waals surface area contributed by atoms with E-state index in [1.165, 1.54) is 10.6 Å². The van der Waals surface area contributed by atoms with Gasteiger partial charge in [0.15, 0.2) is 0 Å². The number of likely N-dealkylation sites (N-methyl/N-ethyl adjacent to an activating group) is 1. The molecule has 114 valence electrons. The summed E-state index contributed by atoms with van der Waals surface area (Å²) < 4.78 is 40.0. The summed E-state index contributed by atoms with van der Waals surface area (Å²) in [7, 11) is 1.95. The third kappa shape index (κ3) is 2.57. The third-order valence-electron chi connectivity index (χ3n) is 4.01. The molecule has 1 saturated heterocycles. The number of benzene rings is 1. The maximum absolute atomic E-state index is 12.9. The predicted octanol–water partition coefficient (Wildman–Crippen LogP) is 2.62. The van der Waals surface area contributed by atoms with Gasteiger partial charge < -0.3 is 9.88 Å². The number of hydrogen-bond donors (Lipinski definition) is 1. The van der Waals surface area contributed by atoms with E-state index in [0.29, 0.717) is 17.6 Å². The summed E-state index contributed by atoms with van der Waals surface area (Å²) in [4.78, 5) is 16.8. The fraction of sp³-hybridized carbons (Fsp3) is 0.500. The Hall–Kier alpha value is -1.76. The minimum atomic E-state index is -4.41. The van der Waals surface area contributed by atoms with Crippen LogP contribution in [0.2, 0.25) is 0 Å². The van der Waals surface area contributed by atoms with Crippen LogP contribution in [-0.2, 0) is 6.18 Å². The molecular formula is C14H16F3N3O. The van der Waals surface area contributed by atoms with Gasteiger partial charge >= 0.3 is 11.9 Å². The lowest BCUT2D eigenvalue weighted by atomic mass is 10.1. The van der Waals surface area contributed by atoms with Crippen LogP contribution in [0.3, 0.4) is 0 Å². The number of nitrogens with one attached hydrogen (secondary N) is 1. The molecule has 1 atom stereocenters. The van der Waals surface area contributed by atoms with Crippen molar-refractivity contribution in [3.8, 4) is 0 Å². The number of fused-ring (bicyclic) bond motifs is 1. The highest BCUT2D eigenvalue weighted by molar-refractivity contribution is 5.76. The zero-order chi connectivity index (χ0) is 15.2. The van der Waals surface area contributed by atoms with Crippen LogP contribution in [0.15, 0.2) is 23.0 Å². The molecule has 2 heterocycles. The number of H-pyrrole nitrogens is 1. The smallest absolute Gasteiger partial charge is 0.306 e. The lowest BCUT2D eigenvalue weighted by molar-refractivity contribution is -0.137. The molecule has 0 amide bonds. The average molecular weight is 299 g/mol. The molecule has 7 heteroatoms. The first-order valence-electron chi connectivity index (χ1n) is 6.86. The van der Waals surface area contributed by atoms with Gasteiger partial charge in [-0.1, -0.05) is 0 Å². The highest BCUT2D eigenvalue weighted by atomic mass is 19.4. The molecule has 3 rings (SSSR count). The number of hydrogen-bond acceptors (Lipinski definition) is 2. The second-order valence-electron chi connectivity index (χ2n) is 5.59. The number of imidazole rings is 1. The molecule has 1 aromatic carbocycles. The van der Waals surface area contributed by atoms with Crippen molar-refractivity contribution in [3.05, 3.63) is 34.2 Å². The Morgan fingerprint density at radius 1 is 1.33 bits per heavy atom. The second kappa shape index (κ2) is 4.91. The normalized spacial score (nSPS) is 21.0. The van der Waals surface area contributed by atoms with E-state index in [9.17, 15) is 18.0 Å². The van der Waals surface area contributed by atoms with E-state index in [4.69, 9.17) is 0 Å². The molecule has 0 saturated carbocycles. The summed E-state index contributed by atoms with van der Waals surface area (Å²) in [6, 6.07) is 3.29. The number of aromatic amines is 1. The number of nitrogens with zero attached hydrogens (tertiary/aromatic N) is 2. The standard InChI is InChI=1S/C14H16F3N3O/c1-19-6-2-3-10(8-19)20-12-7-9(14(15,16)17)4-5-11(12)18-13(20)21/h4-5,7,10H,2-3,6,8H2,1H3,(H,18,21). The van der Waals surface area contributed by atoms with Crippen molar-refractivity contribution in [2.24, 2.45) is 0 Å². The van der Waals surface area contributed by atoms with Crippen molar-refractivity contribution in [2.75, 3.05) is 20.1 Å². The number of rotatable bonds is 1. The van der Waals surface area contributed by atoms with Crippen molar-refractivity contribution in [3.63, 3.8) is 0 Å². The Bertz CT molecular complexity index is 716. The van der Waals surface area contributed by atoms with Crippen LogP contribution in [0.25, 0.3) is 11.0 Å². The van der Waals surface area contributed by atoms with E-state index in [2.05, 4.69) is 9.88 Å². The zero-order valence-electron chi connectivity index (χ0n) is 11.6. The number of piperidine rings is 1. The molecule has 0 bridgehead atoms. The number of alkyl halides is 3. The Balaban J connectivity index is 2.12. The topological polar surface area (TPSA) is 41.0 Å². The highest BCUT2D eigenvalue weighted by Crippen LogP contribution is 2.32. The SMILES string of the molecule is CN1CCCC(n2c(=O)[nH]c3ccc(C(F)(F)F)cc32)C1. The summed E-state index contributed by atoms with van der Waals surface area (Å²) >= 11 is 0. The molecule has 4 nitrogen and oxygen atoms in total. The molecule has 1 N–H and O–H groups in total. The van der Waals surface area contributed by atoms with E-state index in [1.807, 2.05) is 7.05 Å². The monoisotopic (exact) mass is 299 g/mol. The maximum atomic E-state index is 12.9. The molecule has 21 heavy (non-hydrogen) atoms. The van der Waals surface area contributed by atoms with Gasteiger partial charge in [0.1, 0.15) is 0 Å². The zero-order valence-corrected chi connectivity index (χ0v) is 11.6. The van der Waals surface area contributed by atoms with E-state index >= 15 is 0 Å². The molecule has 2 aromatic rings. The summed E-state index contributed by atoms with van der Waals surface area (Å²) in [6.45, 7) is 1.62. The van der Waals surface area contributed by atoms with Crippen molar-refractivity contribution >= 4 is 11.0 Å². The summed E-state index contributed by atoms with van der Waals surface area (Å²) in [5.41, 5.74) is -0.298. The molecule has 1 unspecified atom stereocenters. The first kappa shape index (κ1) is 14.2. The largest absolute Gasteiger partial charge is 0.416 e. The molecule has 0 aliphatic carbocycles. The van der Waals surface area contributed by atoms with Gasteiger partial charge in [-0.25, -0.2) is 4.79 Å². The first-order chi connectivity index (χ1) is 9.86. The van der Waals surface area contributed by atoms with E-state index in [0.717, 1.165) is 31.5 Å². The van der Waals surface area contributed by atoms with E-state index < -0.39 is 11.7 Å². The fourth-order valence-electron chi connectivity index (χ4n) is 3.01. The summed E-state index contributed by atoms with van der Waals surface area (Å²) in [6.07, 6.45) is -2.68. The lowest BCUT2D eigenvalue weighted by Crippen LogP contribution is -2.36. The van der Waals surface area contributed by atoms with E-state index in [1.54, 1.807) is 0 Å². The van der Waals surface area contributed by atoms with Crippen molar-refractivity contribution < 1.29 is 13.2 Å². The molecule has 1 aliphatic rings. The Morgan fingerprint density at radius 3 is 2.76 bits per heavy atom. The summed E-state index contributed by atoms with van der Waals surface area (Å²) in [5, 5.41) is 0. The minimum absolute atomic E-state index is 0.0894. The minimum Gasteiger partial charge on any atom is -0.306 e. The average Bonchev–Trinajstić information content (AvgIpc) is 2.72. The third-order valence-corrected chi connectivity index (χ3v) is 4.01. The van der Waals surface area contributed by atoms with Gasteiger partial charge in [0.05, 0.1) is 22.6 Å². The molecule has 1 aromatic heterocycles. The number of aromatic nitrogens is 2. The maximum Gasteiger partial charge on any atom is 0.416 e. The molecule has 0 spiro atoms. The van der Waals surface area contributed by atoms with Crippen molar-refractivity contribution in [1.29, 1.82) is 0 Å². The molecular weight excluding hydrogens is 283 g/mol. The Labute approximate surface area is 119 Å². The quantitative estimate of drug-likeness (QED) is 0.879. The molecule has 0 radical (unpaired) electrons. The first-order valence-corrected chi connectivity index (χ1v) is 6.86. The van der Waals surface area contributed by atoms with Crippen molar-refractivity contribution in [1.82, 2.24) is 14.5 Å². The van der Waals surface area contributed by atoms with Gasteiger partial charge in [-0.15, -0.1) is 0 Å². The molecule has 1 fully saturated rings. The van der Waals surface area contributed by atoms with Gasteiger partial charge in [-0.3, -0.25) is 4.57 Å². The van der Waals surface area contributed by atoms with Crippen molar-refractivity contribution in [2.45, 2.75) is 25.1 Å². The number of halogens is 3. The van der Waals surface area contributed by atoms with Gasteiger partial charge in [0, 0.05) is 6.54 Å². The van der Waals surface area contributed by atoms with Gasteiger partial charge in [0.25, 0.3) is 0 Å². The number of likely N-dealkylation sites (tertiary alicyclic amines) is 1. The van der Waals surface area contributed by atoms with Gasteiger partial charge in [-0.2, -0.15) is 13.2 Å². The lowest BCUT2D eigenvalue weighted by Gasteiger charge is -2.30. The van der Waals surface area contributed by atoms with Crippen LogP contribution < -0.4 is 5.69 Å². The van der Waals surface area contributed by atoms with Crippen LogP contribution in [0.1, 0.15) is 24.4 Å².